The predicted molar refractivity (Wildman–Crippen MR) is 78.8 cm³/mol. The highest BCUT2D eigenvalue weighted by Gasteiger charge is 2.32. The quantitative estimate of drug-likeness (QED) is 0.921. The summed E-state index contributed by atoms with van der Waals surface area (Å²) < 4.78 is 20.4. The van der Waals surface area contributed by atoms with E-state index in [1.807, 2.05) is 13.8 Å². The standard InChI is InChI=1S/C16H21FN2O2/c1-11(2)19-15(14(21-4)10-18-19)16(3,20)9-12-6-5-7-13(17)8-12/h5-8,10-11,20H,9H2,1-4H3. The summed E-state index contributed by atoms with van der Waals surface area (Å²) in [6.45, 7) is 5.65. The van der Waals surface area contributed by atoms with Crippen molar-refractivity contribution in [2.45, 2.75) is 38.8 Å². The minimum atomic E-state index is -1.21. The Labute approximate surface area is 124 Å². The normalized spacial score (nSPS) is 14.2. The highest BCUT2D eigenvalue weighted by Crippen LogP contribution is 2.34. The van der Waals surface area contributed by atoms with Crippen LogP contribution in [-0.2, 0) is 12.0 Å². The van der Waals surface area contributed by atoms with Crippen molar-refractivity contribution in [3.63, 3.8) is 0 Å². The molecule has 21 heavy (non-hydrogen) atoms. The molecule has 1 atom stereocenters. The number of aromatic nitrogens is 2. The molecule has 0 amide bonds. The molecule has 114 valence electrons. The van der Waals surface area contributed by atoms with Crippen molar-refractivity contribution in [3.05, 3.63) is 47.5 Å². The molecule has 1 aromatic carbocycles. The summed E-state index contributed by atoms with van der Waals surface area (Å²) in [4.78, 5) is 0. The maximum atomic E-state index is 13.3. The van der Waals surface area contributed by atoms with Crippen LogP contribution in [0.4, 0.5) is 4.39 Å². The Bertz CT molecular complexity index is 620. The minimum Gasteiger partial charge on any atom is -0.493 e. The van der Waals surface area contributed by atoms with Gasteiger partial charge in [-0.25, -0.2) is 4.39 Å². The first kappa shape index (κ1) is 15.5. The third-order valence-corrected chi connectivity index (χ3v) is 3.42. The van der Waals surface area contributed by atoms with Gasteiger partial charge in [-0.15, -0.1) is 0 Å². The fourth-order valence-electron chi connectivity index (χ4n) is 2.53. The van der Waals surface area contributed by atoms with E-state index in [0.29, 0.717) is 11.4 Å². The van der Waals surface area contributed by atoms with Crippen molar-refractivity contribution >= 4 is 0 Å². The van der Waals surface area contributed by atoms with Gasteiger partial charge in [0.1, 0.15) is 17.1 Å². The SMILES string of the molecule is COc1cnn(C(C)C)c1C(C)(O)Cc1cccc(F)c1. The van der Waals surface area contributed by atoms with Gasteiger partial charge in [0.15, 0.2) is 5.75 Å². The van der Waals surface area contributed by atoms with Gasteiger partial charge in [0.25, 0.3) is 0 Å². The maximum absolute atomic E-state index is 13.3. The van der Waals surface area contributed by atoms with Crippen molar-refractivity contribution in [3.8, 4) is 5.75 Å². The van der Waals surface area contributed by atoms with Crippen LogP contribution in [0.3, 0.4) is 0 Å². The fourth-order valence-corrected chi connectivity index (χ4v) is 2.53. The first-order chi connectivity index (χ1) is 9.85. The van der Waals surface area contributed by atoms with Gasteiger partial charge in [-0.2, -0.15) is 5.10 Å². The summed E-state index contributed by atoms with van der Waals surface area (Å²) in [5.74, 6) is 0.220. The largest absolute Gasteiger partial charge is 0.493 e. The van der Waals surface area contributed by atoms with Gasteiger partial charge in [-0.05, 0) is 38.5 Å². The Morgan fingerprint density at radius 2 is 2.14 bits per heavy atom. The second-order valence-electron chi connectivity index (χ2n) is 5.68. The Morgan fingerprint density at radius 3 is 2.71 bits per heavy atom. The van der Waals surface area contributed by atoms with Gasteiger partial charge in [0, 0.05) is 12.5 Å². The lowest BCUT2D eigenvalue weighted by Gasteiger charge is -2.27. The third kappa shape index (κ3) is 3.24. The molecular formula is C16H21FN2O2. The average molecular weight is 292 g/mol. The molecule has 0 saturated carbocycles. The molecule has 1 aromatic heterocycles. The van der Waals surface area contributed by atoms with E-state index >= 15 is 0 Å². The zero-order valence-electron chi connectivity index (χ0n) is 12.8. The molecule has 1 N–H and O–H groups in total. The molecule has 4 nitrogen and oxygen atoms in total. The van der Waals surface area contributed by atoms with Crippen LogP contribution in [-0.4, -0.2) is 22.0 Å². The number of benzene rings is 1. The van der Waals surface area contributed by atoms with Crippen LogP contribution < -0.4 is 4.74 Å². The molecule has 0 aliphatic carbocycles. The summed E-state index contributed by atoms with van der Waals surface area (Å²) >= 11 is 0. The van der Waals surface area contributed by atoms with Crippen LogP contribution in [0.2, 0.25) is 0 Å². The molecule has 2 aromatic rings. The summed E-state index contributed by atoms with van der Waals surface area (Å²) in [6.07, 6.45) is 1.87. The van der Waals surface area contributed by atoms with Crippen LogP contribution in [0.15, 0.2) is 30.5 Å². The average Bonchev–Trinajstić information content (AvgIpc) is 2.83. The number of rotatable bonds is 5. The molecule has 0 bridgehead atoms. The minimum absolute atomic E-state index is 0.0860. The molecule has 0 radical (unpaired) electrons. The van der Waals surface area contributed by atoms with E-state index in [-0.39, 0.29) is 18.3 Å². The Kier molecular flexibility index (Phi) is 4.32. The van der Waals surface area contributed by atoms with E-state index in [4.69, 9.17) is 4.74 Å². The molecule has 2 rings (SSSR count). The first-order valence-corrected chi connectivity index (χ1v) is 6.94. The van der Waals surface area contributed by atoms with Crippen LogP contribution in [0.5, 0.6) is 5.75 Å². The van der Waals surface area contributed by atoms with Crippen molar-refractivity contribution in [2.24, 2.45) is 0 Å². The molecule has 1 heterocycles. The van der Waals surface area contributed by atoms with Gasteiger partial charge >= 0.3 is 0 Å². The predicted octanol–water partition coefficient (Wildman–Crippen LogP) is 3.06. The molecule has 0 saturated heterocycles. The summed E-state index contributed by atoms with van der Waals surface area (Å²) in [6, 6.07) is 6.33. The van der Waals surface area contributed by atoms with Gasteiger partial charge in [-0.1, -0.05) is 12.1 Å². The third-order valence-electron chi connectivity index (χ3n) is 3.42. The second-order valence-corrected chi connectivity index (χ2v) is 5.68. The lowest BCUT2D eigenvalue weighted by Crippen LogP contribution is -2.29. The van der Waals surface area contributed by atoms with Crippen LogP contribution in [0.1, 0.15) is 38.1 Å². The molecule has 1 unspecified atom stereocenters. The Balaban J connectivity index is 2.41. The molecule has 0 aliphatic heterocycles. The van der Waals surface area contributed by atoms with Crippen LogP contribution in [0, 0.1) is 5.82 Å². The number of halogens is 1. The van der Waals surface area contributed by atoms with Crippen molar-refractivity contribution in [2.75, 3.05) is 7.11 Å². The molecule has 0 fully saturated rings. The second kappa shape index (κ2) is 5.85. The van der Waals surface area contributed by atoms with Crippen molar-refractivity contribution in [1.29, 1.82) is 0 Å². The number of hydrogen-bond acceptors (Lipinski definition) is 3. The number of hydrogen-bond donors (Lipinski definition) is 1. The van der Waals surface area contributed by atoms with Crippen molar-refractivity contribution in [1.82, 2.24) is 9.78 Å². The van der Waals surface area contributed by atoms with Crippen molar-refractivity contribution < 1.29 is 14.2 Å². The van der Waals surface area contributed by atoms with E-state index in [1.54, 1.807) is 37.0 Å². The number of methoxy groups -OCH3 is 1. The summed E-state index contributed by atoms with van der Waals surface area (Å²) in [7, 11) is 1.55. The molecule has 5 heteroatoms. The molecule has 0 aliphatic rings. The maximum Gasteiger partial charge on any atom is 0.162 e. The smallest absolute Gasteiger partial charge is 0.162 e. The van der Waals surface area contributed by atoms with Gasteiger partial charge in [-0.3, -0.25) is 4.68 Å². The topological polar surface area (TPSA) is 47.3 Å². The van der Waals surface area contributed by atoms with Crippen LogP contribution >= 0.6 is 0 Å². The zero-order valence-corrected chi connectivity index (χ0v) is 12.8. The van der Waals surface area contributed by atoms with Gasteiger partial charge in [0.2, 0.25) is 0 Å². The number of aliphatic hydroxyl groups is 1. The van der Waals surface area contributed by atoms with Gasteiger partial charge < -0.3 is 9.84 Å². The summed E-state index contributed by atoms with van der Waals surface area (Å²) in [5, 5.41) is 15.2. The van der Waals surface area contributed by atoms with E-state index in [1.165, 1.54) is 12.1 Å². The summed E-state index contributed by atoms with van der Waals surface area (Å²) in [5.41, 5.74) is 0.114. The molecular weight excluding hydrogens is 271 g/mol. The highest BCUT2D eigenvalue weighted by molar-refractivity contribution is 5.33. The number of nitrogens with zero attached hydrogens (tertiary/aromatic N) is 2. The first-order valence-electron chi connectivity index (χ1n) is 6.94. The zero-order chi connectivity index (χ0) is 15.6. The lowest BCUT2D eigenvalue weighted by atomic mass is 9.92. The monoisotopic (exact) mass is 292 g/mol. The lowest BCUT2D eigenvalue weighted by molar-refractivity contribution is 0.0439. The van der Waals surface area contributed by atoms with Crippen LogP contribution in [0.25, 0.3) is 0 Å². The Hall–Kier alpha value is -1.88. The highest BCUT2D eigenvalue weighted by atomic mass is 19.1. The Morgan fingerprint density at radius 1 is 1.43 bits per heavy atom. The van der Waals surface area contributed by atoms with E-state index < -0.39 is 5.60 Å². The van der Waals surface area contributed by atoms with E-state index in [0.717, 1.165) is 5.56 Å². The van der Waals surface area contributed by atoms with E-state index in [2.05, 4.69) is 5.10 Å². The van der Waals surface area contributed by atoms with Gasteiger partial charge in [0.05, 0.1) is 13.3 Å². The fraction of sp³-hybridized carbons (Fsp3) is 0.438. The molecule has 0 spiro atoms. The number of ether oxygens (including phenoxy) is 1. The van der Waals surface area contributed by atoms with E-state index in [9.17, 15) is 9.50 Å².